The lowest BCUT2D eigenvalue weighted by Crippen LogP contribution is -2.33. The van der Waals surface area contributed by atoms with E-state index in [1.165, 1.54) is 12.8 Å². The Kier molecular flexibility index (Phi) is 4.62. The fraction of sp³-hybridized carbons (Fsp3) is 0.286. The first-order valence-corrected chi connectivity index (χ1v) is 9.24. The fourth-order valence-corrected chi connectivity index (χ4v) is 3.91. The third-order valence-corrected chi connectivity index (χ3v) is 5.30. The van der Waals surface area contributed by atoms with Gasteiger partial charge in [0, 0.05) is 5.56 Å². The maximum absolute atomic E-state index is 12.9. The van der Waals surface area contributed by atoms with Crippen molar-refractivity contribution in [3.05, 3.63) is 80.4 Å². The van der Waals surface area contributed by atoms with Crippen molar-refractivity contribution in [1.82, 2.24) is 15.3 Å². The summed E-state index contributed by atoms with van der Waals surface area (Å²) in [6.07, 6.45) is 4.58. The molecular formula is C21H21N3O3. The first-order chi connectivity index (χ1) is 13.1. The van der Waals surface area contributed by atoms with Gasteiger partial charge >= 0.3 is 11.1 Å². The molecule has 3 N–H and O–H groups in total. The number of carbonyl (C=O) groups is 1. The SMILES string of the molecule is O=C(N[C@H](c1ccccc1)C1CCCC1)c1ccc2[nH]c(=O)c(=O)[nH]c2c1. The Morgan fingerprint density at radius 3 is 2.30 bits per heavy atom. The van der Waals surface area contributed by atoms with Gasteiger partial charge in [0.05, 0.1) is 17.1 Å². The highest BCUT2D eigenvalue weighted by atomic mass is 16.2. The zero-order chi connectivity index (χ0) is 18.8. The molecule has 4 rings (SSSR count). The van der Waals surface area contributed by atoms with E-state index < -0.39 is 11.1 Å². The molecule has 6 heteroatoms. The summed E-state index contributed by atoms with van der Waals surface area (Å²) in [6.45, 7) is 0. The highest BCUT2D eigenvalue weighted by Crippen LogP contribution is 2.35. The second-order valence-corrected chi connectivity index (χ2v) is 7.07. The summed E-state index contributed by atoms with van der Waals surface area (Å²) in [5, 5.41) is 3.18. The second-order valence-electron chi connectivity index (χ2n) is 7.07. The van der Waals surface area contributed by atoms with Crippen molar-refractivity contribution in [2.24, 2.45) is 5.92 Å². The Balaban J connectivity index is 1.64. The van der Waals surface area contributed by atoms with Gasteiger partial charge in [0.2, 0.25) is 0 Å². The largest absolute Gasteiger partial charge is 0.345 e. The van der Waals surface area contributed by atoms with Crippen LogP contribution in [0.2, 0.25) is 0 Å². The molecule has 2 aromatic carbocycles. The van der Waals surface area contributed by atoms with Crippen LogP contribution in [0.1, 0.15) is 47.6 Å². The van der Waals surface area contributed by atoms with Crippen LogP contribution in [0.4, 0.5) is 0 Å². The minimum atomic E-state index is -0.729. The molecular weight excluding hydrogens is 342 g/mol. The summed E-state index contributed by atoms with van der Waals surface area (Å²) in [7, 11) is 0. The van der Waals surface area contributed by atoms with Crippen molar-refractivity contribution in [3.63, 3.8) is 0 Å². The lowest BCUT2D eigenvalue weighted by atomic mass is 9.91. The molecule has 0 unspecified atom stereocenters. The van der Waals surface area contributed by atoms with Crippen molar-refractivity contribution >= 4 is 16.9 Å². The Morgan fingerprint density at radius 2 is 1.59 bits per heavy atom. The van der Waals surface area contributed by atoms with E-state index in [9.17, 15) is 14.4 Å². The Hall–Kier alpha value is -3.15. The van der Waals surface area contributed by atoms with E-state index >= 15 is 0 Å². The lowest BCUT2D eigenvalue weighted by molar-refractivity contribution is 0.0922. The summed E-state index contributed by atoms with van der Waals surface area (Å²) in [4.78, 5) is 40.9. The number of carbonyl (C=O) groups excluding carboxylic acids is 1. The number of aromatic nitrogens is 2. The van der Waals surface area contributed by atoms with Crippen molar-refractivity contribution in [3.8, 4) is 0 Å². The minimum absolute atomic E-state index is 0.0356. The van der Waals surface area contributed by atoms with Crippen LogP contribution in [0.3, 0.4) is 0 Å². The minimum Gasteiger partial charge on any atom is -0.345 e. The van der Waals surface area contributed by atoms with Gasteiger partial charge in [-0.3, -0.25) is 14.4 Å². The van der Waals surface area contributed by atoms with Crippen molar-refractivity contribution in [2.75, 3.05) is 0 Å². The molecule has 0 spiro atoms. The number of benzene rings is 2. The normalized spacial score (nSPS) is 15.7. The van der Waals surface area contributed by atoms with Crippen LogP contribution in [0.5, 0.6) is 0 Å². The third kappa shape index (κ3) is 3.56. The van der Waals surface area contributed by atoms with Crippen molar-refractivity contribution in [1.29, 1.82) is 0 Å². The molecule has 1 aliphatic rings. The molecule has 3 aromatic rings. The molecule has 27 heavy (non-hydrogen) atoms. The van der Waals surface area contributed by atoms with Gasteiger partial charge in [-0.1, -0.05) is 43.2 Å². The van der Waals surface area contributed by atoms with Gasteiger partial charge in [-0.15, -0.1) is 0 Å². The van der Waals surface area contributed by atoms with Crippen LogP contribution in [-0.2, 0) is 0 Å². The molecule has 0 aliphatic heterocycles. The standard InChI is InChI=1S/C21H21N3O3/c25-19(15-10-11-16-17(12-15)23-21(27)20(26)22-16)24-18(14-8-4-5-9-14)13-6-2-1-3-7-13/h1-3,6-7,10-12,14,18H,4-5,8-9H2,(H,22,26)(H,23,27)(H,24,25)/t18-/m1/s1. The average Bonchev–Trinajstić information content (AvgIpc) is 3.21. The Bertz CT molecular complexity index is 1080. The maximum atomic E-state index is 12.9. The second kappa shape index (κ2) is 7.23. The summed E-state index contributed by atoms with van der Waals surface area (Å²) in [5.74, 6) is 0.234. The van der Waals surface area contributed by atoms with Crippen LogP contribution in [-0.4, -0.2) is 15.9 Å². The number of fused-ring (bicyclic) bond motifs is 1. The van der Waals surface area contributed by atoms with Gasteiger partial charge in [-0.2, -0.15) is 0 Å². The molecule has 1 heterocycles. The third-order valence-electron chi connectivity index (χ3n) is 5.30. The molecule has 1 aromatic heterocycles. The lowest BCUT2D eigenvalue weighted by Gasteiger charge is -2.25. The molecule has 6 nitrogen and oxygen atoms in total. The summed E-state index contributed by atoms with van der Waals surface area (Å²) in [5.41, 5.74) is 1.05. The first kappa shape index (κ1) is 17.3. The van der Waals surface area contributed by atoms with Gasteiger partial charge in [-0.05, 0) is 42.5 Å². The highest BCUT2D eigenvalue weighted by molar-refractivity contribution is 5.97. The number of hydrogen-bond acceptors (Lipinski definition) is 3. The summed E-state index contributed by atoms with van der Waals surface area (Å²) >= 11 is 0. The highest BCUT2D eigenvalue weighted by Gasteiger charge is 2.28. The molecule has 138 valence electrons. The number of H-pyrrole nitrogens is 2. The van der Waals surface area contributed by atoms with Gasteiger partial charge in [0.1, 0.15) is 0 Å². The van der Waals surface area contributed by atoms with E-state index in [-0.39, 0.29) is 11.9 Å². The van der Waals surface area contributed by atoms with Gasteiger partial charge in [0.15, 0.2) is 0 Å². The fourth-order valence-electron chi connectivity index (χ4n) is 3.91. The summed E-state index contributed by atoms with van der Waals surface area (Å²) in [6, 6.07) is 14.9. The summed E-state index contributed by atoms with van der Waals surface area (Å²) < 4.78 is 0. The molecule has 1 atom stereocenters. The van der Waals surface area contributed by atoms with E-state index in [1.807, 2.05) is 30.3 Å². The van der Waals surface area contributed by atoms with Crippen LogP contribution in [0.25, 0.3) is 11.0 Å². The molecule has 1 saturated carbocycles. The maximum Gasteiger partial charge on any atom is 0.314 e. The van der Waals surface area contributed by atoms with E-state index in [2.05, 4.69) is 15.3 Å². The predicted molar refractivity (Wildman–Crippen MR) is 104 cm³/mol. The molecule has 1 amide bonds. The van der Waals surface area contributed by atoms with E-state index in [1.54, 1.807) is 18.2 Å². The number of nitrogens with one attached hydrogen (secondary N) is 3. The van der Waals surface area contributed by atoms with Crippen LogP contribution in [0.15, 0.2) is 58.1 Å². The monoisotopic (exact) mass is 363 g/mol. The zero-order valence-corrected chi connectivity index (χ0v) is 14.8. The average molecular weight is 363 g/mol. The zero-order valence-electron chi connectivity index (χ0n) is 14.8. The van der Waals surface area contributed by atoms with E-state index in [0.29, 0.717) is 22.5 Å². The number of hydrogen-bond donors (Lipinski definition) is 3. The van der Waals surface area contributed by atoms with Crippen LogP contribution in [0, 0.1) is 5.92 Å². The topological polar surface area (TPSA) is 94.8 Å². The molecule has 1 fully saturated rings. The van der Waals surface area contributed by atoms with Crippen molar-refractivity contribution in [2.45, 2.75) is 31.7 Å². The smallest absolute Gasteiger partial charge is 0.314 e. The van der Waals surface area contributed by atoms with Gasteiger partial charge in [0.25, 0.3) is 5.91 Å². The first-order valence-electron chi connectivity index (χ1n) is 9.24. The number of aromatic amines is 2. The van der Waals surface area contributed by atoms with E-state index in [4.69, 9.17) is 0 Å². The number of amides is 1. The number of rotatable bonds is 4. The van der Waals surface area contributed by atoms with E-state index in [0.717, 1.165) is 18.4 Å². The Morgan fingerprint density at radius 1 is 0.926 bits per heavy atom. The molecule has 0 radical (unpaired) electrons. The predicted octanol–water partition coefficient (Wildman–Crippen LogP) is 2.88. The van der Waals surface area contributed by atoms with Crippen LogP contribution >= 0.6 is 0 Å². The van der Waals surface area contributed by atoms with Gasteiger partial charge in [-0.25, -0.2) is 0 Å². The Labute approximate surface area is 155 Å². The van der Waals surface area contributed by atoms with Crippen molar-refractivity contribution < 1.29 is 4.79 Å². The quantitative estimate of drug-likeness (QED) is 0.622. The molecule has 0 saturated heterocycles. The molecule has 0 bridgehead atoms. The van der Waals surface area contributed by atoms with Crippen LogP contribution < -0.4 is 16.4 Å². The molecule has 1 aliphatic carbocycles. The van der Waals surface area contributed by atoms with Gasteiger partial charge < -0.3 is 15.3 Å².